The van der Waals surface area contributed by atoms with Gasteiger partial charge < -0.3 is 14.7 Å². The topological polar surface area (TPSA) is 66.8 Å². The molecule has 2 rings (SSSR count). The van der Waals surface area contributed by atoms with Crippen LogP contribution in [0.5, 0.6) is 5.75 Å². The predicted octanol–water partition coefficient (Wildman–Crippen LogP) is 3.07. The van der Waals surface area contributed by atoms with Gasteiger partial charge in [0.1, 0.15) is 5.75 Å². The average Bonchev–Trinajstić information content (AvgIpc) is 2.53. The highest BCUT2D eigenvalue weighted by atomic mass is 35.5. The minimum atomic E-state index is -0.856. The minimum Gasteiger partial charge on any atom is -0.493 e. The maximum Gasteiger partial charge on any atom is 0.308 e. The molecule has 1 amide bonds. The Morgan fingerprint density at radius 1 is 1.45 bits per heavy atom. The molecule has 0 aliphatic carbocycles. The Labute approximate surface area is 134 Å². The van der Waals surface area contributed by atoms with Crippen LogP contribution in [0.4, 0.5) is 0 Å². The first-order valence-electron chi connectivity index (χ1n) is 7.47. The van der Waals surface area contributed by atoms with Crippen LogP contribution in [0.15, 0.2) is 18.2 Å². The van der Waals surface area contributed by atoms with Crippen molar-refractivity contribution in [3.63, 3.8) is 0 Å². The standard InChI is InChI=1S/C16H20ClNO4/c1-2-8-22-14-6-5-12(17)9-13(14)15(19)18-7-3-4-11(10-18)16(20)21/h5-6,9,11H,2-4,7-8,10H2,1H3,(H,20,21). The van der Waals surface area contributed by atoms with Crippen LogP contribution in [0.25, 0.3) is 0 Å². The van der Waals surface area contributed by atoms with Crippen molar-refractivity contribution in [2.24, 2.45) is 5.92 Å². The van der Waals surface area contributed by atoms with E-state index in [4.69, 9.17) is 21.4 Å². The number of benzene rings is 1. The fourth-order valence-electron chi connectivity index (χ4n) is 2.54. The molecule has 0 spiro atoms. The largest absolute Gasteiger partial charge is 0.493 e. The second kappa shape index (κ2) is 7.49. The molecule has 1 fully saturated rings. The van der Waals surface area contributed by atoms with E-state index in [0.29, 0.717) is 42.3 Å². The molecule has 0 radical (unpaired) electrons. The van der Waals surface area contributed by atoms with E-state index in [0.717, 1.165) is 6.42 Å². The highest BCUT2D eigenvalue weighted by Crippen LogP contribution is 2.27. The summed E-state index contributed by atoms with van der Waals surface area (Å²) in [4.78, 5) is 25.4. The molecule has 1 atom stereocenters. The van der Waals surface area contributed by atoms with E-state index in [1.54, 1.807) is 23.1 Å². The Bertz CT molecular complexity index is 561. The molecule has 5 nitrogen and oxygen atoms in total. The summed E-state index contributed by atoms with van der Waals surface area (Å²) in [5, 5.41) is 9.60. The van der Waals surface area contributed by atoms with Gasteiger partial charge in [-0.3, -0.25) is 9.59 Å². The Morgan fingerprint density at radius 3 is 2.91 bits per heavy atom. The molecule has 0 aromatic heterocycles. The first-order chi connectivity index (χ1) is 10.5. The number of halogens is 1. The van der Waals surface area contributed by atoms with Crippen LogP contribution in [0.3, 0.4) is 0 Å². The summed E-state index contributed by atoms with van der Waals surface area (Å²) in [7, 11) is 0. The molecule has 0 saturated carbocycles. The van der Waals surface area contributed by atoms with Gasteiger partial charge in [-0.2, -0.15) is 0 Å². The molecule has 1 aliphatic heterocycles. The number of hydrogen-bond donors (Lipinski definition) is 1. The van der Waals surface area contributed by atoms with Crippen LogP contribution < -0.4 is 4.74 Å². The number of aliphatic carboxylic acids is 1. The lowest BCUT2D eigenvalue weighted by Gasteiger charge is -2.31. The van der Waals surface area contributed by atoms with E-state index in [1.165, 1.54) is 0 Å². The highest BCUT2D eigenvalue weighted by Gasteiger charge is 2.29. The van der Waals surface area contributed by atoms with Gasteiger partial charge in [-0.05, 0) is 37.5 Å². The van der Waals surface area contributed by atoms with Gasteiger partial charge in [0, 0.05) is 18.1 Å². The van der Waals surface area contributed by atoms with Gasteiger partial charge in [0.15, 0.2) is 0 Å². The lowest BCUT2D eigenvalue weighted by Crippen LogP contribution is -2.42. The Morgan fingerprint density at radius 2 is 2.23 bits per heavy atom. The maximum absolute atomic E-state index is 12.7. The summed E-state index contributed by atoms with van der Waals surface area (Å²) in [5.74, 6) is -1.09. The van der Waals surface area contributed by atoms with Gasteiger partial charge in [-0.1, -0.05) is 18.5 Å². The summed E-state index contributed by atoms with van der Waals surface area (Å²) in [6, 6.07) is 4.95. The van der Waals surface area contributed by atoms with E-state index in [-0.39, 0.29) is 12.5 Å². The van der Waals surface area contributed by atoms with Crippen LogP contribution in [0.2, 0.25) is 5.02 Å². The van der Waals surface area contributed by atoms with E-state index in [2.05, 4.69) is 0 Å². The van der Waals surface area contributed by atoms with Crippen LogP contribution >= 0.6 is 11.6 Å². The Kier molecular flexibility index (Phi) is 5.66. The van der Waals surface area contributed by atoms with Crippen LogP contribution in [0, 0.1) is 5.92 Å². The lowest BCUT2D eigenvalue weighted by molar-refractivity contribution is -0.143. The van der Waals surface area contributed by atoms with Gasteiger partial charge in [0.2, 0.25) is 0 Å². The molecular formula is C16H20ClNO4. The molecule has 1 N–H and O–H groups in total. The molecule has 120 valence electrons. The van der Waals surface area contributed by atoms with Crippen molar-refractivity contribution in [1.82, 2.24) is 4.90 Å². The van der Waals surface area contributed by atoms with E-state index in [1.807, 2.05) is 6.92 Å². The first-order valence-corrected chi connectivity index (χ1v) is 7.85. The summed E-state index contributed by atoms with van der Waals surface area (Å²) >= 11 is 5.99. The number of amides is 1. The minimum absolute atomic E-state index is 0.223. The van der Waals surface area contributed by atoms with Crippen molar-refractivity contribution >= 4 is 23.5 Å². The van der Waals surface area contributed by atoms with Gasteiger partial charge >= 0.3 is 5.97 Å². The zero-order valence-corrected chi connectivity index (χ0v) is 13.3. The number of rotatable bonds is 5. The van der Waals surface area contributed by atoms with Crippen molar-refractivity contribution in [2.45, 2.75) is 26.2 Å². The number of nitrogens with zero attached hydrogens (tertiary/aromatic N) is 1. The second-order valence-corrected chi connectivity index (χ2v) is 5.85. The van der Waals surface area contributed by atoms with Crippen molar-refractivity contribution in [1.29, 1.82) is 0 Å². The predicted molar refractivity (Wildman–Crippen MR) is 83.5 cm³/mol. The number of piperidine rings is 1. The normalized spacial score (nSPS) is 18.1. The number of ether oxygens (including phenoxy) is 1. The Balaban J connectivity index is 2.20. The summed E-state index contributed by atoms with van der Waals surface area (Å²) in [6.45, 7) is 3.29. The second-order valence-electron chi connectivity index (χ2n) is 5.42. The highest BCUT2D eigenvalue weighted by molar-refractivity contribution is 6.31. The van der Waals surface area contributed by atoms with Crippen molar-refractivity contribution in [3.8, 4) is 5.75 Å². The molecular weight excluding hydrogens is 306 g/mol. The number of carboxylic acid groups (broad SMARTS) is 1. The molecule has 1 aliphatic rings. The third kappa shape index (κ3) is 3.91. The average molecular weight is 326 g/mol. The molecule has 1 aromatic carbocycles. The molecule has 1 heterocycles. The summed E-state index contributed by atoms with van der Waals surface area (Å²) < 4.78 is 5.61. The Hall–Kier alpha value is -1.75. The lowest BCUT2D eigenvalue weighted by atomic mass is 9.97. The van der Waals surface area contributed by atoms with Crippen LogP contribution in [-0.2, 0) is 4.79 Å². The molecule has 0 bridgehead atoms. The fraction of sp³-hybridized carbons (Fsp3) is 0.500. The summed E-state index contributed by atoms with van der Waals surface area (Å²) in [6.07, 6.45) is 2.13. The third-order valence-electron chi connectivity index (χ3n) is 3.69. The summed E-state index contributed by atoms with van der Waals surface area (Å²) in [5.41, 5.74) is 0.395. The number of carboxylic acids is 1. The van der Waals surface area contributed by atoms with Crippen molar-refractivity contribution in [2.75, 3.05) is 19.7 Å². The molecule has 6 heteroatoms. The van der Waals surface area contributed by atoms with E-state index < -0.39 is 11.9 Å². The van der Waals surface area contributed by atoms with E-state index in [9.17, 15) is 9.59 Å². The SMILES string of the molecule is CCCOc1ccc(Cl)cc1C(=O)N1CCCC(C(=O)O)C1. The molecule has 1 unspecified atom stereocenters. The quantitative estimate of drug-likeness (QED) is 0.903. The van der Waals surface area contributed by atoms with Crippen molar-refractivity contribution < 1.29 is 19.4 Å². The number of carbonyl (C=O) groups is 2. The smallest absolute Gasteiger partial charge is 0.308 e. The van der Waals surface area contributed by atoms with Gasteiger partial charge in [-0.15, -0.1) is 0 Å². The monoisotopic (exact) mass is 325 g/mol. The van der Waals surface area contributed by atoms with Crippen molar-refractivity contribution in [3.05, 3.63) is 28.8 Å². The van der Waals surface area contributed by atoms with Gasteiger partial charge in [0.05, 0.1) is 18.1 Å². The third-order valence-corrected chi connectivity index (χ3v) is 3.93. The molecule has 1 saturated heterocycles. The number of carbonyl (C=O) groups excluding carboxylic acids is 1. The fourth-order valence-corrected chi connectivity index (χ4v) is 2.71. The number of hydrogen-bond acceptors (Lipinski definition) is 3. The van der Waals surface area contributed by atoms with Crippen LogP contribution in [-0.4, -0.2) is 41.6 Å². The molecule has 22 heavy (non-hydrogen) atoms. The van der Waals surface area contributed by atoms with E-state index >= 15 is 0 Å². The zero-order chi connectivity index (χ0) is 16.1. The number of likely N-dealkylation sites (tertiary alicyclic amines) is 1. The first kappa shape index (κ1) is 16.6. The van der Waals surface area contributed by atoms with Gasteiger partial charge in [-0.25, -0.2) is 0 Å². The van der Waals surface area contributed by atoms with Gasteiger partial charge in [0.25, 0.3) is 5.91 Å². The molecule has 1 aromatic rings. The van der Waals surface area contributed by atoms with Crippen LogP contribution in [0.1, 0.15) is 36.5 Å². The zero-order valence-electron chi connectivity index (χ0n) is 12.5. The maximum atomic E-state index is 12.7.